The minimum atomic E-state index is -4.62. The fourth-order valence-electron chi connectivity index (χ4n) is 3.28. The van der Waals surface area contributed by atoms with E-state index in [4.69, 9.17) is 9.47 Å². The maximum atomic E-state index is 13.1. The number of carbonyl (C=O) groups is 3. The number of halogens is 3. The number of methoxy groups -OCH3 is 2. The normalized spacial score (nSPS) is 18.4. The number of nitrogens with one attached hydrogen (secondary N) is 2. The number of hydrogen-bond acceptors (Lipinski definition) is 5. The molecule has 2 N–H and O–H groups in total. The maximum Gasteiger partial charge on any atom is 0.416 e. The zero-order chi connectivity index (χ0) is 23.7. The highest BCUT2D eigenvalue weighted by Gasteiger charge is 2.50. The van der Waals surface area contributed by atoms with Crippen molar-refractivity contribution < 1.29 is 37.0 Å². The van der Waals surface area contributed by atoms with Crippen molar-refractivity contribution in [3.05, 3.63) is 53.6 Å². The second-order valence-electron chi connectivity index (χ2n) is 7.14. The van der Waals surface area contributed by atoms with Crippen LogP contribution in [0.25, 0.3) is 0 Å². The van der Waals surface area contributed by atoms with E-state index in [1.54, 1.807) is 6.07 Å². The van der Waals surface area contributed by atoms with Crippen molar-refractivity contribution in [2.45, 2.75) is 18.6 Å². The molecule has 8 nitrogen and oxygen atoms in total. The first-order valence-electron chi connectivity index (χ1n) is 9.33. The predicted molar refractivity (Wildman–Crippen MR) is 107 cm³/mol. The number of rotatable bonds is 6. The van der Waals surface area contributed by atoms with E-state index in [1.165, 1.54) is 39.3 Å². The number of anilines is 1. The lowest BCUT2D eigenvalue weighted by atomic mass is 9.90. The Balaban J connectivity index is 1.79. The number of carbonyl (C=O) groups excluding carboxylic acids is 3. The highest BCUT2D eigenvalue weighted by molar-refractivity contribution is 6.10. The second kappa shape index (κ2) is 8.40. The smallest absolute Gasteiger partial charge is 0.416 e. The number of nitrogens with zero attached hydrogens (tertiary/aromatic N) is 1. The molecular weight excluding hydrogens is 431 g/mol. The Hall–Kier alpha value is -3.76. The summed E-state index contributed by atoms with van der Waals surface area (Å²) in [6.07, 6.45) is -4.62. The Morgan fingerprint density at radius 2 is 1.84 bits per heavy atom. The van der Waals surface area contributed by atoms with Gasteiger partial charge in [-0.25, -0.2) is 4.79 Å². The summed E-state index contributed by atoms with van der Waals surface area (Å²) in [5, 5.41) is 4.92. The maximum absolute atomic E-state index is 13.1. The zero-order valence-corrected chi connectivity index (χ0v) is 17.4. The topological polar surface area (TPSA) is 97.0 Å². The van der Waals surface area contributed by atoms with Crippen molar-refractivity contribution >= 4 is 23.5 Å². The van der Waals surface area contributed by atoms with Crippen molar-refractivity contribution in [3.63, 3.8) is 0 Å². The van der Waals surface area contributed by atoms with Crippen LogP contribution in [0.4, 0.5) is 23.7 Å². The minimum Gasteiger partial charge on any atom is -0.497 e. The Bertz CT molecular complexity index is 1070. The number of alkyl halides is 3. The van der Waals surface area contributed by atoms with E-state index >= 15 is 0 Å². The molecule has 32 heavy (non-hydrogen) atoms. The molecular formula is C21H20F3N3O5. The van der Waals surface area contributed by atoms with Crippen molar-refractivity contribution in [2.24, 2.45) is 0 Å². The molecule has 0 spiro atoms. The molecule has 1 atom stereocenters. The van der Waals surface area contributed by atoms with Crippen LogP contribution in [-0.4, -0.2) is 43.5 Å². The van der Waals surface area contributed by atoms with Gasteiger partial charge in [-0.3, -0.25) is 14.5 Å². The summed E-state index contributed by atoms with van der Waals surface area (Å²) in [7, 11) is 2.86. The number of imide groups is 1. The van der Waals surface area contributed by atoms with Gasteiger partial charge in [0.05, 0.1) is 25.5 Å². The molecule has 0 bridgehead atoms. The van der Waals surface area contributed by atoms with Crippen molar-refractivity contribution in [1.29, 1.82) is 0 Å². The summed E-state index contributed by atoms with van der Waals surface area (Å²) in [5.41, 5.74) is -2.48. The van der Waals surface area contributed by atoms with Gasteiger partial charge in [0, 0.05) is 6.07 Å². The van der Waals surface area contributed by atoms with E-state index in [2.05, 4.69) is 10.6 Å². The van der Waals surface area contributed by atoms with Gasteiger partial charge < -0.3 is 20.1 Å². The number of urea groups is 1. The summed E-state index contributed by atoms with van der Waals surface area (Å²) in [5.74, 6) is -0.765. The molecule has 1 unspecified atom stereocenters. The minimum absolute atomic E-state index is 0.0505. The monoisotopic (exact) mass is 451 g/mol. The van der Waals surface area contributed by atoms with E-state index in [1.807, 2.05) is 0 Å². The molecule has 0 saturated carbocycles. The summed E-state index contributed by atoms with van der Waals surface area (Å²) < 4.78 is 49.5. The molecule has 1 fully saturated rings. The first-order valence-corrected chi connectivity index (χ1v) is 9.33. The third-order valence-electron chi connectivity index (χ3n) is 5.03. The van der Waals surface area contributed by atoms with E-state index in [0.29, 0.717) is 16.4 Å². The van der Waals surface area contributed by atoms with E-state index < -0.39 is 41.7 Å². The first-order chi connectivity index (χ1) is 15.0. The Morgan fingerprint density at radius 1 is 1.12 bits per heavy atom. The Labute approximate surface area is 181 Å². The van der Waals surface area contributed by atoms with Gasteiger partial charge in [0.15, 0.2) is 0 Å². The third kappa shape index (κ3) is 4.32. The van der Waals surface area contributed by atoms with Crippen LogP contribution in [-0.2, 0) is 21.3 Å². The van der Waals surface area contributed by atoms with Crippen LogP contribution in [0.15, 0.2) is 42.5 Å². The number of amides is 4. The van der Waals surface area contributed by atoms with E-state index in [9.17, 15) is 27.6 Å². The second-order valence-corrected chi connectivity index (χ2v) is 7.14. The van der Waals surface area contributed by atoms with E-state index in [-0.39, 0.29) is 11.3 Å². The van der Waals surface area contributed by atoms with Gasteiger partial charge in [-0.2, -0.15) is 13.2 Å². The molecule has 1 heterocycles. The Morgan fingerprint density at radius 3 is 2.47 bits per heavy atom. The van der Waals surface area contributed by atoms with Crippen LogP contribution in [0, 0.1) is 0 Å². The fourth-order valence-corrected chi connectivity index (χ4v) is 3.28. The lowest BCUT2D eigenvalue weighted by molar-refractivity contribution is -0.138. The molecule has 1 aliphatic rings. The molecule has 3 rings (SSSR count). The Kier molecular flexibility index (Phi) is 6.02. The van der Waals surface area contributed by atoms with Gasteiger partial charge in [0.25, 0.3) is 5.91 Å². The quantitative estimate of drug-likeness (QED) is 0.658. The largest absolute Gasteiger partial charge is 0.497 e. The molecule has 1 saturated heterocycles. The van der Waals surface area contributed by atoms with Crippen LogP contribution in [0.1, 0.15) is 18.1 Å². The molecule has 2 aromatic carbocycles. The SMILES string of the molecule is COc1ccc(NC(=O)CN2C(=O)NC(C)(c3cccc(C(F)(F)F)c3)C2=O)c(OC)c1. The molecule has 0 aliphatic carbocycles. The molecule has 0 radical (unpaired) electrons. The predicted octanol–water partition coefficient (Wildman–Crippen LogP) is 3.13. The average molecular weight is 451 g/mol. The molecule has 170 valence electrons. The number of ether oxygens (including phenoxy) is 2. The van der Waals surface area contributed by atoms with Gasteiger partial charge in [-0.05, 0) is 36.8 Å². The molecule has 11 heteroatoms. The highest BCUT2D eigenvalue weighted by Crippen LogP contribution is 2.35. The lowest BCUT2D eigenvalue weighted by Crippen LogP contribution is -2.42. The van der Waals surface area contributed by atoms with Gasteiger partial charge >= 0.3 is 12.2 Å². The summed E-state index contributed by atoms with van der Waals surface area (Å²) >= 11 is 0. The van der Waals surface area contributed by atoms with Crippen molar-refractivity contribution in [3.8, 4) is 11.5 Å². The van der Waals surface area contributed by atoms with Gasteiger partial charge in [0.2, 0.25) is 5.91 Å². The fraction of sp³-hybridized carbons (Fsp3) is 0.286. The molecule has 2 aromatic rings. The lowest BCUT2D eigenvalue weighted by Gasteiger charge is -2.23. The van der Waals surface area contributed by atoms with Crippen LogP contribution >= 0.6 is 0 Å². The van der Waals surface area contributed by atoms with Crippen LogP contribution in [0.5, 0.6) is 11.5 Å². The number of hydrogen-bond donors (Lipinski definition) is 2. The van der Waals surface area contributed by atoms with Crippen molar-refractivity contribution in [2.75, 3.05) is 26.1 Å². The summed E-state index contributed by atoms with van der Waals surface area (Å²) in [6, 6.07) is 7.85. The summed E-state index contributed by atoms with van der Waals surface area (Å²) in [4.78, 5) is 38.5. The van der Waals surface area contributed by atoms with E-state index in [0.717, 1.165) is 18.2 Å². The molecule has 4 amide bonds. The zero-order valence-electron chi connectivity index (χ0n) is 17.4. The van der Waals surface area contributed by atoms with Gasteiger partial charge in [-0.15, -0.1) is 0 Å². The molecule has 1 aliphatic heterocycles. The standard InChI is InChI=1S/C21H20F3N3O5/c1-20(12-5-4-6-13(9-12)21(22,23)24)18(29)27(19(30)26-20)11-17(28)25-15-8-7-14(31-2)10-16(15)32-3/h4-10H,11H2,1-3H3,(H,25,28)(H,26,30). The van der Waals surface area contributed by atoms with Gasteiger partial charge in [-0.1, -0.05) is 12.1 Å². The van der Waals surface area contributed by atoms with Crippen LogP contribution in [0.3, 0.4) is 0 Å². The summed E-state index contributed by atoms with van der Waals surface area (Å²) in [6.45, 7) is 0.640. The third-order valence-corrected chi connectivity index (χ3v) is 5.03. The first kappa shape index (κ1) is 22.9. The highest BCUT2D eigenvalue weighted by atomic mass is 19.4. The van der Waals surface area contributed by atoms with Gasteiger partial charge in [0.1, 0.15) is 23.6 Å². The van der Waals surface area contributed by atoms with Crippen LogP contribution < -0.4 is 20.1 Å². The number of benzene rings is 2. The van der Waals surface area contributed by atoms with Crippen molar-refractivity contribution in [1.82, 2.24) is 10.2 Å². The average Bonchev–Trinajstić information content (AvgIpc) is 2.97. The van der Waals surface area contributed by atoms with Crippen LogP contribution in [0.2, 0.25) is 0 Å². The molecule has 0 aromatic heterocycles.